The zero-order valence-electron chi connectivity index (χ0n) is 9.36. The van der Waals surface area contributed by atoms with Gasteiger partial charge in [-0.2, -0.15) is 0 Å². The van der Waals surface area contributed by atoms with Gasteiger partial charge >= 0.3 is 0 Å². The highest BCUT2D eigenvalue weighted by Crippen LogP contribution is 2.13. The van der Waals surface area contributed by atoms with E-state index < -0.39 is 0 Å². The van der Waals surface area contributed by atoms with Gasteiger partial charge in [0.2, 0.25) is 5.91 Å². The molecule has 1 N–H and O–H groups in total. The standard InChI is InChI=1S/C12H18N2O/c1-3-14(12(15)9-10-13-2)11-7-5-4-6-8-11/h4-8,13H,3,9-10H2,1-2H3. The van der Waals surface area contributed by atoms with Crippen LogP contribution < -0.4 is 10.2 Å². The number of nitrogens with zero attached hydrogens (tertiary/aromatic N) is 1. The largest absolute Gasteiger partial charge is 0.319 e. The highest BCUT2D eigenvalue weighted by atomic mass is 16.2. The Balaban J connectivity index is 2.67. The number of anilines is 1. The lowest BCUT2D eigenvalue weighted by molar-refractivity contribution is -0.118. The van der Waals surface area contributed by atoms with Gasteiger partial charge in [-0.1, -0.05) is 18.2 Å². The summed E-state index contributed by atoms with van der Waals surface area (Å²) in [6.07, 6.45) is 0.541. The number of para-hydroxylation sites is 1. The van der Waals surface area contributed by atoms with Gasteiger partial charge in [0.05, 0.1) is 0 Å². The molecule has 0 saturated carbocycles. The fourth-order valence-corrected chi connectivity index (χ4v) is 1.48. The molecule has 0 unspecified atom stereocenters. The molecular formula is C12H18N2O. The first-order chi connectivity index (χ1) is 7.29. The summed E-state index contributed by atoms with van der Waals surface area (Å²) >= 11 is 0. The zero-order valence-corrected chi connectivity index (χ0v) is 9.36. The Kier molecular flexibility index (Phi) is 4.84. The molecule has 3 nitrogen and oxygen atoms in total. The minimum atomic E-state index is 0.165. The zero-order chi connectivity index (χ0) is 11.1. The van der Waals surface area contributed by atoms with Gasteiger partial charge in [0.25, 0.3) is 0 Å². The molecular weight excluding hydrogens is 188 g/mol. The minimum Gasteiger partial charge on any atom is -0.319 e. The second kappa shape index (κ2) is 6.19. The first kappa shape index (κ1) is 11.7. The summed E-state index contributed by atoms with van der Waals surface area (Å²) < 4.78 is 0. The number of amides is 1. The van der Waals surface area contributed by atoms with Crippen molar-refractivity contribution in [3.8, 4) is 0 Å². The molecule has 0 aliphatic heterocycles. The minimum absolute atomic E-state index is 0.165. The maximum atomic E-state index is 11.8. The van der Waals surface area contributed by atoms with Crippen molar-refractivity contribution >= 4 is 11.6 Å². The molecule has 0 fully saturated rings. The van der Waals surface area contributed by atoms with E-state index in [1.54, 1.807) is 4.90 Å². The summed E-state index contributed by atoms with van der Waals surface area (Å²) in [6.45, 7) is 3.43. The fourth-order valence-electron chi connectivity index (χ4n) is 1.48. The third-order valence-corrected chi connectivity index (χ3v) is 2.27. The fraction of sp³-hybridized carbons (Fsp3) is 0.417. The Morgan fingerprint density at radius 2 is 2.00 bits per heavy atom. The van der Waals surface area contributed by atoms with Gasteiger partial charge in [-0.05, 0) is 26.1 Å². The Labute approximate surface area is 91.1 Å². The maximum Gasteiger partial charge on any atom is 0.228 e. The average molecular weight is 206 g/mol. The van der Waals surface area contributed by atoms with Crippen molar-refractivity contribution in [3.05, 3.63) is 30.3 Å². The Morgan fingerprint density at radius 3 is 2.53 bits per heavy atom. The van der Waals surface area contributed by atoms with Crippen molar-refractivity contribution in [1.29, 1.82) is 0 Å². The van der Waals surface area contributed by atoms with Gasteiger partial charge in [0, 0.05) is 25.2 Å². The van der Waals surface area contributed by atoms with Crippen LogP contribution in [-0.2, 0) is 4.79 Å². The highest BCUT2D eigenvalue weighted by molar-refractivity contribution is 5.93. The Morgan fingerprint density at radius 1 is 1.33 bits per heavy atom. The van der Waals surface area contributed by atoms with Crippen molar-refractivity contribution in [2.75, 3.05) is 25.0 Å². The van der Waals surface area contributed by atoms with Crippen LogP contribution in [0.3, 0.4) is 0 Å². The summed E-state index contributed by atoms with van der Waals surface area (Å²) in [5.74, 6) is 0.165. The molecule has 3 heteroatoms. The lowest BCUT2D eigenvalue weighted by Crippen LogP contribution is -2.32. The van der Waals surface area contributed by atoms with Crippen molar-refractivity contribution in [2.24, 2.45) is 0 Å². The predicted octanol–water partition coefficient (Wildman–Crippen LogP) is 1.65. The van der Waals surface area contributed by atoms with E-state index in [9.17, 15) is 4.79 Å². The molecule has 0 radical (unpaired) electrons. The molecule has 0 atom stereocenters. The summed E-state index contributed by atoms with van der Waals surface area (Å²) in [5, 5.41) is 2.98. The number of hydrogen-bond donors (Lipinski definition) is 1. The molecule has 1 aromatic carbocycles. The molecule has 15 heavy (non-hydrogen) atoms. The summed E-state index contributed by atoms with van der Waals surface area (Å²) in [6, 6.07) is 9.77. The molecule has 0 heterocycles. The molecule has 1 amide bonds. The van der Waals surface area contributed by atoms with Crippen LogP contribution in [-0.4, -0.2) is 26.0 Å². The molecule has 1 aromatic rings. The second-order valence-corrected chi connectivity index (χ2v) is 3.33. The monoisotopic (exact) mass is 206 g/mol. The highest BCUT2D eigenvalue weighted by Gasteiger charge is 2.11. The van der Waals surface area contributed by atoms with Crippen LogP contribution in [0.4, 0.5) is 5.69 Å². The van der Waals surface area contributed by atoms with E-state index >= 15 is 0 Å². The molecule has 0 spiro atoms. The third kappa shape index (κ3) is 3.36. The van der Waals surface area contributed by atoms with E-state index in [1.807, 2.05) is 44.3 Å². The summed E-state index contributed by atoms with van der Waals surface area (Å²) in [7, 11) is 1.85. The van der Waals surface area contributed by atoms with E-state index in [4.69, 9.17) is 0 Å². The Hall–Kier alpha value is -1.35. The molecule has 0 aliphatic carbocycles. The van der Waals surface area contributed by atoms with Gasteiger partial charge in [-0.3, -0.25) is 4.79 Å². The molecule has 0 aliphatic rings. The topological polar surface area (TPSA) is 32.3 Å². The third-order valence-electron chi connectivity index (χ3n) is 2.27. The van der Waals surface area contributed by atoms with E-state index in [0.717, 1.165) is 12.2 Å². The summed E-state index contributed by atoms with van der Waals surface area (Å²) in [4.78, 5) is 13.6. The average Bonchev–Trinajstić information content (AvgIpc) is 2.29. The first-order valence-corrected chi connectivity index (χ1v) is 5.29. The van der Waals surface area contributed by atoms with Gasteiger partial charge in [0.1, 0.15) is 0 Å². The van der Waals surface area contributed by atoms with Crippen LogP contribution in [0, 0.1) is 0 Å². The summed E-state index contributed by atoms with van der Waals surface area (Å²) in [5.41, 5.74) is 0.973. The number of benzene rings is 1. The molecule has 0 saturated heterocycles. The smallest absolute Gasteiger partial charge is 0.228 e. The van der Waals surface area contributed by atoms with Gasteiger partial charge in [0.15, 0.2) is 0 Å². The van der Waals surface area contributed by atoms with Crippen LogP contribution in [0.25, 0.3) is 0 Å². The normalized spacial score (nSPS) is 10.0. The van der Waals surface area contributed by atoms with Crippen LogP contribution in [0.1, 0.15) is 13.3 Å². The van der Waals surface area contributed by atoms with Gasteiger partial charge in [-0.25, -0.2) is 0 Å². The molecule has 0 aromatic heterocycles. The number of rotatable bonds is 5. The molecule has 1 rings (SSSR count). The lowest BCUT2D eigenvalue weighted by Gasteiger charge is -2.20. The van der Waals surface area contributed by atoms with E-state index in [0.29, 0.717) is 13.0 Å². The van der Waals surface area contributed by atoms with Gasteiger partial charge < -0.3 is 10.2 Å². The van der Waals surface area contributed by atoms with Gasteiger partial charge in [-0.15, -0.1) is 0 Å². The van der Waals surface area contributed by atoms with Crippen molar-refractivity contribution in [2.45, 2.75) is 13.3 Å². The number of carbonyl (C=O) groups excluding carboxylic acids is 1. The van der Waals surface area contributed by atoms with Crippen LogP contribution in [0.15, 0.2) is 30.3 Å². The van der Waals surface area contributed by atoms with Crippen LogP contribution in [0.2, 0.25) is 0 Å². The van der Waals surface area contributed by atoms with E-state index in [2.05, 4.69) is 5.32 Å². The quantitative estimate of drug-likeness (QED) is 0.794. The maximum absolute atomic E-state index is 11.8. The number of nitrogens with one attached hydrogen (secondary N) is 1. The van der Waals surface area contributed by atoms with Crippen molar-refractivity contribution < 1.29 is 4.79 Å². The number of carbonyl (C=O) groups is 1. The van der Waals surface area contributed by atoms with Crippen LogP contribution in [0.5, 0.6) is 0 Å². The van der Waals surface area contributed by atoms with Crippen molar-refractivity contribution in [1.82, 2.24) is 5.32 Å². The SMILES string of the molecule is CCN(C(=O)CCNC)c1ccccc1. The van der Waals surface area contributed by atoms with E-state index in [1.165, 1.54) is 0 Å². The Bertz CT molecular complexity index is 298. The predicted molar refractivity (Wildman–Crippen MR) is 63.0 cm³/mol. The van der Waals surface area contributed by atoms with E-state index in [-0.39, 0.29) is 5.91 Å². The second-order valence-electron chi connectivity index (χ2n) is 3.33. The first-order valence-electron chi connectivity index (χ1n) is 5.29. The van der Waals surface area contributed by atoms with Crippen molar-refractivity contribution in [3.63, 3.8) is 0 Å². The molecule has 82 valence electrons. The number of hydrogen-bond acceptors (Lipinski definition) is 2. The lowest BCUT2D eigenvalue weighted by atomic mass is 10.2. The van der Waals surface area contributed by atoms with Crippen LogP contribution >= 0.6 is 0 Å². The molecule has 0 bridgehead atoms.